The summed E-state index contributed by atoms with van der Waals surface area (Å²) in [6, 6.07) is 14.3. The van der Waals surface area contributed by atoms with Crippen LogP contribution in [-0.2, 0) is 38.4 Å². The predicted octanol–water partition coefficient (Wildman–Crippen LogP) is 6.94. The molecule has 2 heterocycles. The number of benzene rings is 2. The number of thiophene rings is 1. The molecule has 1 aliphatic carbocycles. The van der Waals surface area contributed by atoms with Gasteiger partial charge in [0.25, 0.3) is 0 Å². The lowest BCUT2D eigenvalue weighted by Crippen LogP contribution is -2.32. The number of imide groups is 1. The molecule has 220 valence electrons. The summed E-state index contributed by atoms with van der Waals surface area (Å²) in [4.78, 5) is 55.2. The van der Waals surface area contributed by atoms with E-state index in [1.807, 2.05) is 24.3 Å². The number of methoxy groups -OCH3 is 1. The van der Waals surface area contributed by atoms with Gasteiger partial charge in [-0.3, -0.25) is 14.4 Å². The minimum Gasteiger partial charge on any atom is -0.465 e. The highest BCUT2D eigenvalue weighted by Crippen LogP contribution is 2.47. The Morgan fingerprint density at radius 2 is 1.76 bits per heavy atom. The Morgan fingerprint density at radius 1 is 1.07 bits per heavy atom. The maximum Gasteiger partial charge on any atom is 0.341 e. The maximum atomic E-state index is 13.6. The van der Waals surface area contributed by atoms with Crippen molar-refractivity contribution in [2.75, 3.05) is 17.3 Å². The van der Waals surface area contributed by atoms with Crippen molar-refractivity contribution in [2.45, 2.75) is 63.0 Å². The van der Waals surface area contributed by atoms with E-state index in [0.29, 0.717) is 27.2 Å². The Kier molecular flexibility index (Phi) is 8.83. The largest absolute Gasteiger partial charge is 0.465 e. The third kappa shape index (κ3) is 6.43. The lowest BCUT2D eigenvalue weighted by molar-refractivity contribution is -0.121. The summed E-state index contributed by atoms with van der Waals surface area (Å²) in [5.74, 6) is -0.873. The monoisotopic (exact) mass is 624 g/mol. The molecular weight excluding hydrogens is 592 g/mol. The van der Waals surface area contributed by atoms with Gasteiger partial charge in [-0.25, -0.2) is 9.69 Å². The first-order valence-electron chi connectivity index (χ1n) is 13.8. The van der Waals surface area contributed by atoms with Gasteiger partial charge in [-0.2, -0.15) is 0 Å². The Labute approximate surface area is 259 Å². The molecule has 2 aromatic carbocycles. The van der Waals surface area contributed by atoms with Gasteiger partial charge in [0.2, 0.25) is 17.7 Å². The van der Waals surface area contributed by atoms with Crippen molar-refractivity contribution >= 4 is 69.1 Å². The van der Waals surface area contributed by atoms with E-state index in [4.69, 9.17) is 16.3 Å². The Balaban J connectivity index is 1.28. The lowest BCUT2D eigenvalue weighted by atomic mass is 9.72. The smallest absolute Gasteiger partial charge is 0.341 e. The van der Waals surface area contributed by atoms with Crippen LogP contribution in [0.1, 0.15) is 60.0 Å². The number of carbonyl (C=O) groups is 4. The van der Waals surface area contributed by atoms with Gasteiger partial charge in [0.05, 0.1) is 24.3 Å². The van der Waals surface area contributed by atoms with Gasteiger partial charge in [0.1, 0.15) is 5.00 Å². The van der Waals surface area contributed by atoms with Crippen molar-refractivity contribution < 1.29 is 23.9 Å². The highest BCUT2D eigenvalue weighted by molar-refractivity contribution is 8.00. The minimum atomic E-state index is -0.616. The van der Waals surface area contributed by atoms with Crippen LogP contribution in [0.15, 0.2) is 53.4 Å². The van der Waals surface area contributed by atoms with Crippen LogP contribution < -0.4 is 10.2 Å². The van der Waals surface area contributed by atoms with Crippen LogP contribution in [-0.4, -0.2) is 36.1 Å². The van der Waals surface area contributed by atoms with E-state index in [1.54, 1.807) is 24.3 Å². The van der Waals surface area contributed by atoms with Gasteiger partial charge in [0.15, 0.2) is 0 Å². The van der Waals surface area contributed by atoms with Crippen molar-refractivity contribution in [3.05, 3.63) is 75.1 Å². The highest BCUT2D eigenvalue weighted by atomic mass is 35.5. The molecule has 2 atom stereocenters. The van der Waals surface area contributed by atoms with Crippen molar-refractivity contribution in [3.8, 4) is 0 Å². The molecule has 0 spiro atoms. The summed E-state index contributed by atoms with van der Waals surface area (Å²) >= 11 is 8.59. The molecule has 10 heteroatoms. The number of ether oxygens (including phenoxy) is 1. The highest BCUT2D eigenvalue weighted by Gasteiger charge is 2.44. The van der Waals surface area contributed by atoms with Crippen molar-refractivity contribution in [2.24, 2.45) is 11.3 Å². The standard InChI is InChI=1S/C32H33ClN2O5S2/c1-32(2,3)19-7-14-23-24(16-19)42-30(28(23)31(39)40-4)35-27(37)17-25(29(35)38)41-22-12-10-21(11-13-22)34-26(36)15-18-5-8-20(33)9-6-18/h5-6,8-13,19,25H,7,14-17H2,1-4H3,(H,34,36)/t19-,25-/m0/s1. The molecule has 0 bridgehead atoms. The van der Waals surface area contributed by atoms with Crippen LogP contribution in [0.2, 0.25) is 5.02 Å². The fourth-order valence-electron chi connectivity index (χ4n) is 5.46. The molecule has 0 unspecified atom stereocenters. The van der Waals surface area contributed by atoms with Crippen LogP contribution in [0.3, 0.4) is 0 Å². The average molecular weight is 625 g/mol. The third-order valence-electron chi connectivity index (χ3n) is 7.86. The van der Waals surface area contributed by atoms with E-state index in [9.17, 15) is 19.2 Å². The van der Waals surface area contributed by atoms with Crippen LogP contribution in [0, 0.1) is 11.3 Å². The SMILES string of the molecule is COC(=O)c1c(N2C(=O)C[C@H](Sc3ccc(NC(=O)Cc4ccc(Cl)cc4)cc3)C2=O)sc2c1CC[C@H](C(C)(C)C)C2. The number of halogens is 1. The quantitative estimate of drug-likeness (QED) is 0.226. The fourth-order valence-corrected chi connectivity index (χ4v) is 8.08. The van der Waals surface area contributed by atoms with Gasteiger partial charge >= 0.3 is 5.97 Å². The third-order valence-corrected chi connectivity index (χ3v) is 10.6. The number of anilines is 2. The second-order valence-corrected chi connectivity index (χ2v) is 14.5. The summed E-state index contributed by atoms with van der Waals surface area (Å²) in [7, 11) is 1.33. The molecule has 0 radical (unpaired) electrons. The zero-order chi connectivity index (χ0) is 30.2. The Bertz CT molecular complexity index is 1530. The zero-order valence-corrected chi connectivity index (χ0v) is 26.4. The van der Waals surface area contributed by atoms with E-state index >= 15 is 0 Å². The van der Waals surface area contributed by atoms with E-state index < -0.39 is 11.2 Å². The topological polar surface area (TPSA) is 92.8 Å². The second kappa shape index (κ2) is 12.2. The number of nitrogens with zero attached hydrogens (tertiary/aromatic N) is 1. The molecule has 2 aliphatic rings. The zero-order valence-electron chi connectivity index (χ0n) is 24.0. The molecule has 5 rings (SSSR count). The number of amides is 3. The molecule has 3 aromatic rings. The molecule has 1 aromatic heterocycles. The summed E-state index contributed by atoms with van der Waals surface area (Å²) < 4.78 is 5.10. The molecule has 1 N–H and O–H groups in total. The van der Waals surface area contributed by atoms with Crippen LogP contribution in [0.4, 0.5) is 10.7 Å². The van der Waals surface area contributed by atoms with Crippen molar-refractivity contribution in [3.63, 3.8) is 0 Å². The number of esters is 1. The normalized spacial score (nSPS) is 18.6. The first-order chi connectivity index (χ1) is 19.9. The number of carbonyl (C=O) groups excluding carboxylic acids is 4. The fraction of sp³-hybridized carbons (Fsp3) is 0.375. The molecular formula is C32H33ClN2O5S2. The van der Waals surface area contributed by atoms with Crippen molar-refractivity contribution in [1.82, 2.24) is 0 Å². The molecule has 1 fully saturated rings. The molecule has 7 nitrogen and oxygen atoms in total. The lowest BCUT2D eigenvalue weighted by Gasteiger charge is -2.33. The first-order valence-corrected chi connectivity index (χ1v) is 15.9. The van der Waals surface area contributed by atoms with E-state index in [-0.39, 0.29) is 36.0 Å². The van der Waals surface area contributed by atoms with Crippen LogP contribution in [0.25, 0.3) is 0 Å². The molecule has 0 saturated carbocycles. The van der Waals surface area contributed by atoms with Gasteiger partial charge in [0, 0.05) is 26.9 Å². The van der Waals surface area contributed by atoms with Gasteiger partial charge < -0.3 is 10.1 Å². The summed E-state index contributed by atoms with van der Waals surface area (Å²) in [5, 5.41) is 3.26. The molecule has 3 amide bonds. The van der Waals surface area contributed by atoms with E-state index in [1.165, 1.54) is 35.1 Å². The predicted molar refractivity (Wildman–Crippen MR) is 168 cm³/mol. The second-order valence-electron chi connectivity index (χ2n) is 11.7. The first kappa shape index (κ1) is 30.3. The van der Waals surface area contributed by atoms with Gasteiger partial charge in [-0.05, 0) is 78.1 Å². The van der Waals surface area contributed by atoms with Gasteiger partial charge in [-0.15, -0.1) is 23.1 Å². The average Bonchev–Trinajstić information content (AvgIpc) is 3.45. The van der Waals surface area contributed by atoms with E-state index in [2.05, 4.69) is 26.1 Å². The van der Waals surface area contributed by atoms with Crippen molar-refractivity contribution in [1.29, 1.82) is 0 Å². The van der Waals surface area contributed by atoms with E-state index in [0.717, 1.165) is 40.2 Å². The Hall–Kier alpha value is -3.14. The van der Waals surface area contributed by atoms with Crippen LogP contribution in [0.5, 0.6) is 0 Å². The number of thioether (sulfide) groups is 1. The molecule has 1 aliphatic heterocycles. The number of rotatable bonds is 7. The minimum absolute atomic E-state index is 0.0386. The summed E-state index contributed by atoms with van der Waals surface area (Å²) in [6.45, 7) is 6.65. The van der Waals surface area contributed by atoms with Crippen LogP contribution >= 0.6 is 34.7 Å². The number of fused-ring (bicyclic) bond motifs is 1. The number of hydrogen-bond donors (Lipinski definition) is 1. The number of hydrogen-bond acceptors (Lipinski definition) is 7. The molecule has 1 saturated heterocycles. The van der Waals surface area contributed by atoms with Gasteiger partial charge in [-0.1, -0.05) is 44.5 Å². The summed E-state index contributed by atoms with van der Waals surface area (Å²) in [6.07, 6.45) is 2.73. The maximum absolute atomic E-state index is 13.6. The molecule has 42 heavy (non-hydrogen) atoms. The Morgan fingerprint density at radius 3 is 2.40 bits per heavy atom. The summed E-state index contributed by atoms with van der Waals surface area (Å²) in [5.41, 5.74) is 2.87. The number of nitrogens with one attached hydrogen (secondary N) is 1.